The topological polar surface area (TPSA) is 44.7 Å². The van der Waals surface area contributed by atoms with E-state index < -0.39 is 0 Å². The van der Waals surface area contributed by atoms with Gasteiger partial charge in [-0.25, -0.2) is 4.99 Å². The first-order valence-electron chi connectivity index (χ1n) is 7.45. The number of nitrogens with one attached hydrogen (secondary N) is 1. The van der Waals surface area contributed by atoms with Crippen LogP contribution >= 0.6 is 0 Å². The normalized spacial score (nSPS) is 19.4. The van der Waals surface area contributed by atoms with Gasteiger partial charge in [0.1, 0.15) is 5.84 Å². The van der Waals surface area contributed by atoms with Gasteiger partial charge in [0.05, 0.1) is 11.6 Å². The van der Waals surface area contributed by atoms with Crippen LogP contribution in [-0.2, 0) is 4.79 Å². The van der Waals surface area contributed by atoms with E-state index in [0.717, 1.165) is 30.2 Å². The van der Waals surface area contributed by atoms with Crippen molar-refractivity contribution in [1.82, 2.24) is 4.90 Å². The molecule has 0 aliphatic carbocycles. The number of hydrogen-bond donors (Lipinski definition) is 1. The molecule has 1 saturated heterocycles. The highest BCUT2D eigenvalue weighted by atomic mass is 16.2. The monoisotopic (exact) mass is 293 g/mol. The van der Waals surface area contributed by atoms with E-state index >= 15 is 0 Å². The number of rotatable bonds is 3. The number of carbonyl (C=O) groups excluding carboxylic acids is 1. The summed E-state index contributed by atoms with van der Waals surface area (Å²) in [6, 6.07) is 19.3. The zero-order valence-corrected chi connectivity index (χ0v) is 12.6. The van der Waals surface area contributed by atoms with Crippen LogP contribution in [0.5, 0.6) is 0 Å². The average Bonchev–Trinajstić information content (AvgIpc) is 2.90. The third kappa shape index (κ3) is 3.17. The van der Waals surface area contributed by atoms with Crippen LogP contribution in [-0.4, -0.2) is 30.2 Å². The molecule has 4 nitrogen and oxygen atoms in total. The maximum atomic E-state index is 12.5. The molecule has 0 saturated carbocycles. The minimum absolute atomic E-state index is 0.00484. The molecule has 0 unspecified atom stereocenters. The molecule has 0 bridgehead atoms. The van der Waals surface area contributed by atoms with Crippen LogP contribution in [0.2, 0.25) is 0 Å². The third-order valence-electron chi connectivity index (χ3n) is 3.81. The largest absolute Gasteiger partial charge is 0.362 e. The van der Waals surface area contributed by atoms with Crippen molar-refractivity contribution in [2.24, 2.45) is 10.9 Å². The molecule has 2 aromatic rings. The summed E-state index contributed by atoms with van der Waals surface area (Å²) in [6.07, 6.45) is 0.792. The number of aliphatic imine (C=N–C) groups is 1. The van der Waals surface area contributed by atoms with E-state index in [2.05, 4.69) is 15.2 Å². The highest BCUT2D eigenvalue weighted by Crippen LogP contribution is 2.23. The van der Waals surface area contributed by atoms with E-state index in [0.29, 0.717) is 0 Å². The number of benzene rings is 2. The van der Waals surface area contributed by atoms with Crippen LogP contribution in [0.25, 0.3) is 0 Å². The third-order valence-corrected chi connectivity index (χ3v) is 3.81. The van der Waals surface area contributed by atoms with Gasteiger partial charge in [-0.2, -0.15) is 0 Å². The summed E-state index contributed by atoms with van der Waals surface area (Å²) in [4.78, 5) is 19.3. The van der Waals surface area contributed by atoms with Gasteiger partial charge in [-0.05, 0) is 30.7 Å². The SMILES string of the molecule is CN1CC[C@H](C(=O)Nc2ccccc2)C1=Nc1ccccc1. The minimum Gasteiger partial charge on any atom is -0.362 e. The number of anilines is 1. The molecule has 4 heteroatoms. The minimum atomic E-state index is -0.203. The van der Waals surface area contributed by atoms with Crippen molar-refractivity contribution in [2.45, 2.75) is 6.42 Å². The molecule has 3 rings (SSSR count). The quantitative estimate of drug-likeness (QED) is 0.943. The zero-order valence-electron chi connectivity index (χ0n) is 12.6. The lowest BCUT2D eigenvalue weighted by molar-refractivity contribution is -0.117. The molecule has 0 spiro atoms. The van der Waals surface area contributed by atoms with Crippen molar-refractivity contribution in [2.75, 3.05) is 18.9 Å². The highest BCUT2D eigenvalue weighted by molar-refractivity contribution is 6.10. The van der Waals surface area contributed by atoms with Crippen LogP contribution < -0.4 is 5.32 Å². The van der Waals surface area contributed by atoms with E-state index in [1.54, 1.807) is 0 Å². The Balaban J connectivity index is 1.80. The van der Waals surface area contributed by atoms with Crippen LogP contribution in [0.1, 0.15) is 6.42 Å². The van der Waals surface area contributed by atoms with E-state index in [1.165, 1.54) is 0 Å². The molecule has 1 aliphatic heterocycles. The molecular formula is C18H19N3O. The standard InChI is InChI=1S/C18H19N3O/c1-21-13-12-16(17(21)19-14-8-4-2-5-9-14)18(22)20-15-10-6-3-7-11-15/h2-11,16H,12-13H2,1H3,(H,20,22)/t16-/m0/s1. The fourth-order valence-electron chi connectivity index (χ4n) is 2.63. The Hall–Kier alpha value is -2.62. The highest BCUT2D eigenvalue weighted by Gasteiger charge is 2.33. The molecule has 2 aromatic carbocycles. The van der Waals surface area contributed by atoms with Gasteiger partial charge in [0.25, 0.3) is 0 Å². The van der Waals surface area contributed by atoms with Crippen molar-refractivity contribution >= 4 is 23.1 Å². The van der Waals surface area contributed by atoms with Gasteiger partial charge in [0, 0.05) is 19.3 Å². The summed E-state index contributed by atoms with van der Waals surface area (Å²) >= 11 is 0. The van der Waals surface area contributed by atoms with E-state index in [-0.39, 0.29) is 11.8 Å². The Bertz CT molecular complexity index is 667. The number of nitrogens with zero attached hydrogens (tertiary/aromatic N) is 2. The molecule has 1 N–H and O–H groups in total. The van der Waals surface area contributed by atoms with Gasteiger partial charge >= 0.3 is 0 Å². The Morgan fingerprint density at radius 3 is 2.41 bits per heavy atom. The first kappa shape index (κ1) is 14.3. The summed E-state index contributed by atoms with van der Waals surface area (Å²) in [5.41, 5.74) is 1.70. The number of carbonyl (C=O) groups is 1. The van der Waals surface area contributed by atoms with Crippen molar-refractivity contribution in [3.63, 3.8) is 0 Å². The molecule has 0 radical (unpaired) electrons. The number of amidine groups is 1. The van der Waals surface area contributed by atoms with Crippen LogP contribution in [0, 0.1) is 5.92 Å². The van der Waals surface area contributed by atoms with Gasteiger partial charge in [0.15, 0.2) is 0 Å². The van der Waals surface area contributed by atoms with Gasteiger partial charge < -0.3 is 10.2 Å². The van der Waals surface area contributed by atoms with Gasteiger partial charge in [-0.3, -0.25) is 4.79 Å². The molecule has 0 aromatic heterocycles. The molecule has 112 valence electrons. The van der Waals surface area contributed by atoms with Crippen molar-refractivity contribution in [3.8, 4) is 0 Å². The molecular weight excluding hydrogens is 274 g/mol. The lowest BCUT2D eigenvalue weighted by Gasteiger charge is -2.16. The number of likely N-dealkylation sites (tertiary alicyclic amines) is 1. The number of hydrogen-bond acceptors (Lipinski definition) is 2. The molecule has 1 aliphatic rings. The zero-order chi connectivity index (χ0) is 15.4. The average molecular weight is 293 g/mol. The molecule has 1 atom stereocenters. The van der Waals surface area contributed by atoms with E-state index in [1.807, 2.05) is 67.7 Å². The summed E-state index contributed by atoms with van der Waals surface area (Å²) in [6.45, 7) is 0.846. The van der Waals surface area contributed by atoms with Crippen molar-refractivity contribution in [3.05, 3.63) is 60.7 Å². The van der Waals surface area contributed by atoms with Gasteiger partial charge in [-0.15, -0.1) is 0 Å². The Labute approximate surface area is 130 Å². The number of para-hydroxylation sites is 2. The molecule has 1 heterocycles. The smallest absolute Gasteiger partial charge is 0.235 e. The van der Waals surface area contributed by atoms with Crippen LogP contribution in [0.15, 0.2) is 65.7 Å². The second kappa shape index (κ2) is 6.43. The van der Waals surface area contributed by atoms with Gasteiger partial charge in [0.2, 0.25) is 5.91 Å². The summed E-state index contributed by atoms with van der Waals surface area (Å²) in [5.74, 6) is 0.635. The second-order valence-corrected chi connectivity index (χ2v) is 5.42. The van der Waals surface area contributed by atoms with Crippen LogP contribution in [0.3, 0.4) is 0 Å². The predicted octanol–water partition coefficient (Wildman–Crippen LogP) is 3.31. The maximum Gasteiger partial charge on any atom is 0.235 e. The van der Waals surface area contributed by atoms with E-state index in [4.69, 9.17) is 0 Å². The lowest BCUT2D eigenvalue weighted by Crippen LogP contribution is -2.31. The summed E-state index contributed by atoms with van der Waals surface area (Å²) < 4.78 is 0. The predicted molar refractivity (Wildman–Crippen MR) is 89.3 cm³/mol. The first-order chi connectivity index (χ1) is 10.7. The Morgan fingerprint density at radius 1 is 1.09 bits per heavy atom. The van der Waals surface area contributed by atoms with Gasteiger partial charge in [-0.1, -0.05) is 36.4 Å². The summed E-state index contributed by atoms with van der Waals surface area (Å²) in [5, 5.41) is 2.97. The fraction of sp³-hybridized carbons (Fsp3) is 0.222. The second-order valence-electron chi connectivity index (χ2n) is 5.42. The maximum absolute atomic E-state index is 12.5. The Kier molecular flexibility index (Phi) is 4.19. The fourth-order valence-corrected chi connectivity index (χ4v) is 2.63. The number of amides is 1. The van der Waals surface area contributed by atoms with Crippen molar-refractivity contribution < 1.29 is 4.79 Å². The Morgan fingerprint density at radius 2 is 1.73 bits per heavy atom. The molecule has 1 fully saturated rings. The van der Waals surface area contributed by atoms with E-state index in [9.17, 15) is 4.79 Å². The lowest BCUT2D eigenvalue weighted by atomic mass is 10.1. The molecule has 1 amide bonds. The van der Waals surface area contributed by atoms with Crippen molar-refractivity contribution in [1.29, 1.82) is 0 Å². The molecule has 22 heavy (non-hydrogen) atoms. The first-order valence-corrected chi connectivity index (χ1v) is 7.45. The van der Waals surface area contributed by atoms with Crippen LogP contribution in [0.4, 0.5) is 11.4 Å². The summed E-state index contributed by atoms with van der Waals surface area (Å²) in [7, 11) is 1.98.